The first kappa shape index (κ1) is 7.74. The summed E-state index contributed by atoms with van der Waals surface area (Å²) in [6.07, 6.45) is 0. The molecule has 0 saturated heterocycles. The Morgan fingerprint density at radius 3 is 2.62 bits per heavy atom. The number of nitrogens with one attached hydrogen (secondary N) is 1. The van der Waals surface area contributed by atoms with Crippen LogP contribution < -0.4 is 5.48 Å². The number of hydroxylamine groups is 1. The van der Waals surface area contributed by atoms with Gasteiger partial charge in [-0.25, -0.2) is 4.79 Å². The number of carbonyl (C=O) groups excluding carboxylic acids is 1. The summed E-state index contributed by atoms with van der Waals surface area (Å²) in [5.74, 6) is 0.229. The Balaban J connectivity index is 3.46. The van der Waals surface area contributed by atoms with Crippen LogP contribution in [0.15, 0.2) is 0 Å². The van der Waals surface area contributed by atoms with Gasteiger partial charge in [0.1, 0.15) is 5.75 Å². The quantitative estimate of drug-likeness (QED) is 0.300. The molecule has 2 N–H and O–H groups in total. The van der Waals surface area contributed by atoms with Gasteiger partial charge in [-0.2, -0.15) is 5.48 Å². The predicted molar refractivity (Wildman–Crippen MR) is 29.0 cm³/mol. The molecule has 0 aliphatic rings. The second-order valence-electron chi connectivity index (χ2n) is 1.03. The molecular weight excluding hydrogens is 130 g/mol. The van der Waals surface area contributed by atoms with Gasteiger partial charge in [0.2, 0.25) is 0 Å². The average molecular weight is 137 g/mol. The Hall–Kier alpha value is -0.260. The second-order valence-corrected chi connectivity index (χ2v) is 2.67. The fraction of sp³-hybridized carbons (Fsp3) is 0.667. The lowest BCUT2D eigenvalue weighted by Crippen LogP contribution is -2.27. The molecule has 0 aliphatic carbocycles. The van der Waals surface area contributed by atoms with Crippen molar-refractivity contribution in [3.8, 4) is 0 Å². The van der Waals surface area contributed by atoms with Crippen molar-refractivity contribution in [2.45, 2.75) is 6.92 Å². The number of rotatable bonds is 1. The predicted octanol–water partition coefficient (Wildman–Crippen LogP) is -0.146. The molecule has 0 spiro atoms. The van der Waals surface area contributed by atoms with Gasteiger partial charge in [0, 0.05) is 11.2 Å². The van der Waals surface area contributed by atoms with Gasteiger partial charge < -0.3 is 4.55 Å². The van der Waals surface area contributed by atoms with Crippen LogP contribution in [0.3, 0.4) is 0 Å². The van der Waals surface area contributed by atoms with Gasteiger partial charge in [0.05, 0.1) is 0 Å². The second kappa shape index (κ2) is 3.71. The zero-order chi connectivity index (χ0) is 6.57. The van der Waals surface area contributed by atoms with Crippen LogP contribution in [0.1, 0.15) is 6.92 Å². The van der Waals surface area contributed by atoms with Crippen LogP contribution in [0.25, 0.3) is 0 Å². The highest BCUT2D eigenvalue weighted by molar-refractivity contribution is 8.05. The summed E-state index contributed by atoms with van der Waals surface area (Å²) in [6.45, 7) is 1.59. The van der Waals surface area contributed by atoms with E-state index in [1.807, 2.05) is 0 Å². The summed E-state index contributed by atoms with van der Waals surface area (Å²) in [7, 11) is 0. The summed E-state index contributed by atoms with van der Waals surface area (Å²) in [5.41, 5.74) is 1.28. The van der Waals surface area contributed by atoms with E-state index in [0.29, 0.717) is 0 Å². The summed E-state index contributed by atoms with van der Waals surface area (Å²) < 4.78 is 10.3. The van der Waals surface area contributed by atoms with Crippen molar-refractivity contribution in [2.75, 3.05) is 5.75 Å². The Labute approximate surface area is 50.0 Å². The number of amides is 1. The molecule has 0 aliphatic heterocycles. The van der Waals surface area contributed by atoms with E-state index in [4.69, 9.17) is 5.21 Å². The van der Waals surface area contributed by atoms with Gasteiger partial charge >= 0.3 is 5.24 Å². The highest BCUT2D eigenvalue weighted by Crippen LogP contribution is 1.88. The van der Waals surface area contributed by atoms with Gasteiger partial charge in [0.15, 0.2) is 0 Å². The first-order valence-corrected chi connectivity index (χ1v) is 3.36. The van der Waals surface area contributed by atoms with Crippen molar-refractivity contribution in [3.05, 3.63) is 0 Å². The minimum atomic E-state index is -1.57. The minimum absolute atomic E-state index is 0.229. The Bertz CT molecular complexity index is 86.6. The van der Waals surface area contributed by atoms with E-state index < -0.39 is 16.4 Å². The van der Waals surface area contributed by atoms with E-state index in [1.165, 1.54) is 5.48 Å². The lowest BCUT2D eigenvalue weighted by molar-refractivity contribution is 0.179. The van der Waals surface area contributed by atoms with Crippen molar-refractivity contribution >= 4 is 16.4 Å². The summed E-state index contributed by atoms with van der Waals surface area (Å²) >= 11 is -1.57. The van der Waals surface area contributed by atoms with Crippen LogP contribution in [0, 0.1) is 0 Å². The molecule has 1 atom stereocenters. The molecular formula is C3H7NO3S. The van der Waals surface area contributed by atoms with Crippen LogP contribution in [-0.4, -0.2) is 20.8 Å². The lowest BCUT2D eigenvalue weighted by atomic mass is 11.0. The topological polar surface area (TPSA) is 72.4 Å². The van der Waals surface area contributed by atoms with Crippen LogP contribution in [0.5, 0.6) is 0 Å². The first-order valence-electron chi connectivity index (χ1n) is 2.04. The molecule has 0 rings (SSSR count). The van der Waals surface area contributed by atoms with Gasteiger partial charge in [0.25, 0.3) is 0 Å². The van der Waals surface area contributed by atoms with Crippen molar-refractivity contribution in [1.82, 2.24) is 5.48 Å². The molecule has 0 bridgehead atoms. The largest absolute Gasteiger partial charge is 0.608 e. The van der Waals surface area contributed by atoms with Gasteiger partial charge in [-0.15, -0.1) is 0 Å². The molecule has 4 nitrogen and oxygen atoms in total. The SMILES string of the molecule is CC[S+]([O-])C(=O)NO. The minimum Gasteiger partial charge on any atom is -0.608 e. The molecule has 48 valence electrons. The Kier molecular flexibility index (Phi) is 3.59. The van der Waals surface area contributed by atoms with Crippen molar-refractivity contribution in [1.29, 1.82) is 0 Å². The molecule has 0 fully saturated rings. The van der Waals surface area contributed by atoms with E-state index in [1.54, 1.807) is 6.92 Å². The molecule has 0 aromatic rings. The molecule has 0 saturated carbocycles. The maximum absolute atomic E-state index is 10.3. The molecule has 5 heteroatoms. The number of carbonyl (C=O) groups is 1. The normalized spacial score (nSPS) is 12.9. The van der Waals surface area contributed by atoms with Gasteiger partial charge in [-0.05, 0) is 6.92 Å². The standard InChI is InChI=1S/C3H7NO3S/c1-2-8(7)3(5)4-6/h6H,2H2,1H3,(H,4,5). The van der Waals surface area contributed by atoms with E-state index in [0.717, 1.165) is 0 Å². The fourth-order valence-electron chi connectivity index (χ4n) is 0.182. The van der Waals surface area contributed by atoms with Crippen molar-refractivity contribution in [3.63, 3.8) is 0 Å². The van der Waals surface area contributed by atoms with E-state index in [9.17, 15) is 9.35 Å². The highest BCUT2D eigenvalue weighted by Gasteiger charge is 2.13. The third-order valence-electron chi connectivity index (χ3n) is 0.560. The van der Waals surface area contributed by atoms with Crippen LogP contribution in [0.2, 0.25) is 0 Å². The van der Waals surface area contributed by atoms with E-state index in [-0.39, 0.29) is 5.75 Å². The summed E-state index contributed by atoms with van der Waals surface area (Å²) in [5, 5.41) is 7.00. The molecule has 0 aromatic carbocycles. The molecule has 0 radical (unpaired) electrons. The fourth-order valence-corrected chi connectivity index (χ4v) is 0.546. The van der Waals surface area contributed by atoms with Crippen molar-refractivity contribution < 1.29 is 14.6 Å². The van der Waals surface area contributed by atoms with Gasteiger partial charge in [-0.3, -0.25) is 5.21 Å². The lowest BCUT2D eigenvalue weighted by Gasteiger charge is -2.01. The van der Waals surface area contributed by atoms with Crippen molar-refractivity contribution in [2.24, 2.45) is 0 Å². The number of hydrogen-bond donors (Lipinski definition) is 2. The smallest absolute Gasteiger partial charge is 0.450 e. The summed E-state index contributed by atoms with van der Waals surface area (Å²) in [6, 6.07) is 0. The van der Waals surface area contributed by atoms with Crippen LogP contribution >= 0.6 is 0 Å². The zero-order valence-electron chi connectivity index (χ0n) is 4.38. The molecule has 1 amide bonds. The van der Waals surface area contributed by atoms with Crippen LogP contribution in [-0.2, 0) is 11.2 Å². The van der Waals surface area contributed by atoms with E-state index >= 15 is 0 Å². The monoisotopic (exact) mass is 137 g/mol. The maximum atomic E-state index is 10.3. The molecule has 0 heterocycles. The third-order valence-corrected chi connectivity index (χ3v) is 1.59. The molecule has 0 aromatic heterocycles. The summed E-state index contributed by atoms with van der Waals surface area (Å²) in [4.78, 5) is 10.1. The zero-order valence-corrected chi connectivity index (χ0v) is 5.20. The van der Waals surface area contributed by atoms with Crippen LogP contribution in [0.4, 0.5) is 4.79 Å². The Morgan fingerprint density at radius 2 is 2.50 bits per heavy atom. The maximum Gasteiger partial charge on any atom is 0.450 e. The van der Waals surface area contributed by atoms with Gasteiger partial charge in [-0.1, -0.05) is 0 Å². The Morgan fingerprint density at radius 1 is 2.00 bits per heavy atom. The highest BCUT2D eigenvalue weighted by atomic mass is 32.2. The first-order chi connectivity index (χ1) is 3.72. The molecule has 1 unspecified atom stereocenters. The number of hydrogen-bond acceptors (Lipinski definition) is 3. The third kappa shape index (κ3) is 2.15. The molecule has 8 heavy (non-hydrogen) atoms. The average Bonchev–Trinajstić information content (AvgIpc) is 1.84. The van der Waals surface area contributed by atoms with E-state index in [2.05, 4.69) is 0 Å².